The van der Waals surface area contributed by atoms with E-state index in [1.54, 1.807) is 36.4 Å². The summed E-state index contributed by atoms with van der Waals surface area (Å²) >= 11 is 1.20. The molecule has 0 saturated heterocycles. The predicted molar refractivity (Wildman–Crippen MR) is 96.3 cm³/mol. The second-order valence-corrected chi connectivity index (χ2v) is 6.42. The van der Waals surface area contributed by atoms with Gasteiger partial charge in [-0.05, 0) is 23.3 Å². The van der Waals surface area contributed by atoms with Crippen LogP contribution < -0.4 is 5.73 Å². The first-order chi connectivity index (χ1) is 12.6. The first-order valence-electron chi connectivity index (χ1n) is 7.74. The van der Waals surface area contributed by atoms with Gasteiger partial charge in [-0.2, -0.15) is 5.26 Å². The lowest BCUT2D eigenvalue weighted by atomic mass is 10.1. The molecule has 0 spiro atoms. The Morgan fingerprint density at radius 1 is 0.962 bits per heavy atom. The van der Waals surface area contributed by atoms with Crippen molar-refractivity contribution in [3.05, 3.63) is 82.5 Å². The lowest BCUT2D eigenvalue weighted by Gasteiger charge is -2.09. The van der Waals surface area contributed by atoms with Crippen LogP contribution in [0.2, 0.25) is 0 Å². The van der Waals surface area contributed by atoms with E-state index in [-0.39, 0.29) is 29.4 Å². The van der Waals surface area contributed by atoms with Crippen molar-refractivity contribution in [2.45, 2.75) is 17.3 Å². The number of nitrogens with two attached hydrogens (primary N) is 1. The minimum Gasteiger partial charge on any atom is -0.382 e. The lowest BCUT2D eigenvalue weighted by molar-refractivity contribution is 0.612. The van der Waals surface area contributed by atoms with Crippen LogP contribution in [-0.4, -0.2) is 9.97 Å². The van der Waals surface area contributed by atoms with E-state index < -0.39 is 0 Å². The number of aromatic nitrogens is 2. The number of benzene rings is 2. The van der Waals surface area contributed by atoms with E-state index in [1.807, 2.05) is 6.07 Å². The molecule has 0 aliphatic heterocycles. The number of hydrogen-bond donors (Lipinski definition) is 1. The minimum atomic E-state index is -0.380. The van der Waals surface area contributed by atoms with Crippen molar-refractivity contribution in [3.63, 3.8) is 0 Å². The number of halogens is 2. The average Bonchev–Trinajstić information content (AvgIpc) is 2.63. The van der Waals surface area contributed by atoms with E-state index in [1.165, 1.54) is 23.9 Å². The van der Waals surface area contributed by atoms with Crippen LogP contribution in [0.1, 0.15) is 22.4 Å². The van der Waals surface area contributed by atoms with Crippen LogP contribution in [0.25, 0.3) is 0 Å². The number of nitriles is 1. The smallest absolute Gasteiger partial charge is 0.190 e. The SMILES string of the molecule is N#Cc1c(N)nc(SCc2ccccc2F)nc1Cc1ccccc1F. The van der Waals surface area contributed by atoms with Gasteiger partial charge in [0.25, 0.3) is 0 Å². The first kappa shape index (κ1) is 17.8. The van der Waals surface area contributed by atoms with Crippen molar-refractivity contribution in [1.82, 2.24) is 9.97 Å². The molecule has 26 heavy (non-hydrogen) atoms. The highest BCUT2D eigenvalue weighted by molar-refractivity contribution is 7.98. The summed E-state index contributed by atoms with van der Waals surface area (Å²) in [5.74, 6) is -0.343. The number of hydrogen-bond acceptors (Lipinski definition) is 5. The van der Waals surface area contributed by atoms with E-state index in [9.17, 15) is 14.0 Å². The Balaban J connectivity index is 1.88. The molecule has 4 nitrogen and oxygen atoms in total. The van der Waals surface area contributed by atoms with E-state index in [4.69, 9.17) is 5.73 Å². The monoisotopic (exact) mass is 368 g/mol. The summed E-state index contributed by atoms with van der Waals surface area (Å²) in [5.41, 5.74) is 7.27. The molecule has 1 aromatic heterocycles. The Labute approximate surface area is 153 Å². The summed E-state index contributed by atoms with van der Waals surface area (Å²) < 4.78 is 27.7. The molecular formula is C19H14F2N4S. The number of rotatable bonds is 5. The Hall–Kier alpha value is -2.98. The number of nitrogen functional groups attached to an aromatic ring is 1. The molecule has 3 rings (SSSR count). The van der Waals surface area contributed by atoms with Gasteiger partial charge in [-0.3, -0.25) is 0 Å². The van der Waals surface area contributed by atoms with Gasteiger partial charge < -0.3 is 5.73 Å². The Kier molecular flexibility index (Phi) is 5.44. The van der Waals surface area contributed by atoms with Crippen molar-refractivity contribution in [2.75, 3.05) is 5.73 Å². The second-order valence-electron chi connectivity index (χ2n) is 5.47. The topological polar surface area (TPSA) is 75.6 Å². The highest BCUT2D eigenvalue weighted by Crippen LogP contribution is 2.25. The summed E-state index contributed by atoms with van der Waals surface area (Å²) in [6.07, 6.45) is 0.121. The fourth-order valence-corrected chi connectivity index (χ4v) is 3.25. The maximum Gasteiger partial charge on any atom is 0.190 e. The molecule has 0 bridgehead atoms. The molecular weight excluding hydrogens is 354 g/mol. The quantitative estimate of drug-likeness (QED) is 0.542. The summed E-state index contributed by atoms with van der Waals surface area (Å²) in [5, 5.41) is 9.64. The summed E-state index contributed by atoms with van der Waals surface area (Å²) in [6.45, 7) is 0. The minimum absolute atomic E-state index is 0.0323. The molecule has 130 valence electrons. The van der Waals surface area contributed by atoms with E-state index >= 15 is 0 Å². The third-order valence-corrected chi connectivity index (χ3v) is 4.63. The number of nitrogens with zero attached hydrogens (tertiary/aromatic N) is 3. The number of thioether (sulfide) groups is 1. The maximum atomic E-state index is 13.9. The van der Waals surface area contributed by atoms with E-state index in [0.29, 0.717) is 27.7 Å². The first-order valence-corrected chi connectivity index (χ1v) is 8.73. The Morgan fingerprint density at radius 2 is 1.58 bits per heavy atom. The van der Waals surface area contributed by atoms with Gasteiger partial charge in [0.1, 0.15) is 29.1 Å². The van der Waals surface area contributed by atoms with Crippen LogP contribution in [-0.2, 0) is 12.2 Å². The summed E-state index contributed by atoms with van der Waals surface area (Å²) in [4.78, 5) is 8.45. The summed E-state index contributed by atoms with van der Waals surface area (Å²) in [7, 11) is 0. The predicted octanol–water partition coefficient (Wildman–Crippen LogP) is 4.09. The zero-order chi connectivity index (χ0) is 18.5. The van der Waals surface area contributed by atoms with Gasteiger partial charge in [-0.25, -0.2) is 18.7 Å². The number of anilines is 1. The lowest BCUT2D eigenvalue weighted by Crippen LogP contribution is -2.07. The highest BCUT2D eigenvalue weighted by Gasteiger charge is 2.15. The van der Waals surface area contributed by atoms with Crippen molar-refractivity contribution in [3.8, 4) is 6.07 Å². The molecule has 0 fully saturated rings. The molecule has 2 aromatic carbocycles. The standard InChI is InChI=1S/C19H14F2N4S/c20-15-7-3-1-5-12(15)9-17-14(10-22)18(23)25-19(24-17)26-11-13-6-2-4-8-16(13)21/h1-8H,9,11H2,(H2,23,24,25). The average molecular weight is 368 g/mol. The molecule has 0 atom stereocenters. The highest BCUT2D eigenvalue weighted by atomic mass is 32.2. The maximum absolute atomic E-state index is 13.9. The third-order valence-electron chi connectivity index (χ3n) is 3.73. The summed E-state index contributed by atoms with van der Waals surface area (Å²) in [6, 6.07) is 14.7. The van der Waals surface area contributed by atoms with Gasteiger partial charge >= 0.3 is 0 Å². The zero-order valence-corrected chi connectivity index (χ0v) is 14.4. The van der Waals surface area contributed by atoms with Crippen LogP contribution in [0.5, 0.6) is 0 Å². The Bertz CT molecular complexity index is 986. The Morgan fingerprint density at radius 3 is 2.19 bits per heavy atom. The van der Waals surface area contributed by atoms with Gasteiger partial charge in [0, 0.05) is 12.2 Å². The van der Waals surface area contributed by atoms with Crippen LogP contribution in [0.4, 0.5) is 14.6 Å². The normalized spacial score (nSPS) is 10.5. The van der Waals surface area contributed by atoms with Crippen LogP contribution >= 0.6 is 11.8 Å². The van der Waals surface area contributed by atoms with Crippen LogP contribution in [0.15, 0.2) is 53.7 Å². The molecule has 2 N–H and O–H groups in total. The van der Waals surface area contributed by atoms with Gasteiger partial charge in [-0.15, -0.1) is 0 Å². The molecule has 7 heteroatoms. The molecule has 0 aliphatic carbocycles. The fourth-order valence-electron chi connectivity index (χ4n) is 2.40. The van der Waals surface area contributed by atoms with Crippen molar-refractivity contribution in [1.29, 1.82) is 5.26 Å². The molecule has 3 aromatic rings. The molecule has 0 saturated carbocycles. The van der Waals surface area contributed by atoms with Gasteiger partial charge in [-0.1, -0.05) is 48.2 Å². The zero-order valence-electron chi connectivity index (χ0n) is 13.6. The van der Waals surface area contributed by atoms with Gasteiger partial charge in [0.05, 0.1) is 5.69 Å². The van der Waals surface area contributed by atoms with E-state index in [0.717, 1.165) is 0 Å². The second kappa shape index (κ2) is 7.93. The van der Waals surface area contributed by atoms with Crippen molar-refractivity contribution < 1.29 is 8.78 Å². The fraction of sp³-hybridized carbons (Fsp3) is 0.105. The van der Waals surface area contributed by atoms with Gasteiger partial charge in [0.15, 0.2) is 5.16 Å². The van der Waals surface area contributed by atoms with Gasteiger partial charge in [0.2, 0.25) is 0 Å². The van der Waals surface area contributed by atoms with Crippen molar-refractivity contribution in [2.24, 2.45) is 0 Å². The van der Waals surface area contributed by atoms with E-state index in [2.05, 4.69) is 9.97 Å². The molecule has 0 aliphatic rings. The molecule has 1 heterocycles. The molecule has 0 unspecified atom stereocenters. The largest absolute Gasteiger partial charge is 0.382 e. The molecule has 0 radical (unpaired) electrons. The third kappa shape index (κ3) is 3.98. The van der Waals surface area contributed by atoms with Crippen LogP contribution in [0, 0.1) is 23.0 Å². The van der Waals surface area contributed by atoms with Crippen molar-refractivity contribution >= 4 is 17.6 Å². The molecule has 0 amide bonds. The van der Waals surface area contributed by atoms with Crippen LogP contribution in [0.3, 0.4) is 0 Å².